The second kappa shape index (κ2) is 7.00. The Morgan fingerprint density at radius 3 is 2.84 bits per heavy atom. The maximum Gasteiger partial charge on any atom is 0.395 e. The molecule has 2 heterocycles. The van der Waals surface area contributed by atoms with Crippen LogP contribution in [0.4, 0.5) is 0 Å². The van der Waals surface area contributed by atoms with Crippen LogP contribution in [0, 0.1) is 0 Å². The molecular weight excluding hydrogens is 286 g/mol. The Morgan fingerprint density at radius 2 is 2.16 bits per heavy atom. The Bertz CT molecular complexity index is 541. The second-order valence-corrected chi connectivity index (χ2v) is 4.95. The van der Waals surface area contributed by atoms with E-state index in [0.29, 0.717) is 5.82 Å². The molecule has 2 aromatic heterocycles. The van der Waals surface area contributed by atoms with Gasteiger partial charge in [-0.25, -0.2) is 14.6 Å². The second-order valence-electron chi connectivity index (χ2n) is 3.09. The van der Waals surface area contributed by atoms with Crippen LogP contribution >= 0.6 is 21.8 Å². The maximum atomic E-state index is 4.87. The van der Waals surface area contributed by atoms with Gasteiger partial charge in [0.1, 0.15) is 11.4 Å². The van der Waals surface area contributed by atoms with Crippen molar-refractivity contribution in [2.24, 2.45) is 4.40 Å². The first-order chi connectivity index (χ1) is 9.33. The van der Waals surface area contributed by atoms with Crippen molar-refractivity contribution < 1.29 is 9.47 Å². The molecule has 0 saturated heterocycles. The van der Waals surface area contributed by atoms with Gasteiger partial charge in [-0.05, 0) is 16.9 Å². The predicted octanol–water partition coefficient (Wildman–Crippen LogP) is 1.97. The minimum Gasteiger partial charge on any atom is -0.453 e. The van der Waals surface area contributed by atoms with Gasteiger partial charge in [0.2, 0.25) is 0 Å². The van der Waals surface area contributed by atoms with Gasteiger partial charge >= 0.3 is 6.08 Å². The van der Waals surface area contributed by atoms with Gasteiger partial charge in [-0.15, -0.1) is 4.40 Å². The average Bonchev–Trinajstić information content (AvgIpc) is 2.98. The molecule has 0 atom stereocenters. The van der Waals surface area contributed by atoms with Crippen molar-refractivity contribution in [1.82, 2.24) is 19.7 Å². The molecule has 2 rings (SSSR count). The van der Waals surface area contributed by atoms with Gasteiger partial charge in [-0.2, -0.15) is 5.10 Å². The first-order valence-corrected chi connectivity index (χ1v) is 7.26. The van der Waals surface area contributed by atoms with Crippen LogP contribution in [0.15, 0.2) is 40.3 Å². The van der Waals surface area contributed by atoms with Gasteiger partial charge in [0.05, 0.1) is 25.2 Å². The van der Waals surface area contributed by atoms with Crippen LogP contribution in [0.5, 0.6) is 0 Å². The smallest absolute Gasteiger partial charge is 0.395 e. The number of hydrogen-bond donors (Lipinski definition) is 0. The van der Waals surface area contributed by atoms with Crippen LogP contribution in [0.25, 0.3) is 5.82 Å². The van der Waals surface area contributed by atoms with E-state index >= 15 is 0 Å². The predicted molar refractivity (Wildman–Crippen MR) is 74.1 cm³/mol. The number of methoxy groups -OCH3 is 2. The zero-order valence-corrected chi connectivity index (χ0v) is 11.9. The van der Waals surface area contributed by atoms with Gasteiger partial charge in [-0.3, -0.25) is 0 Å². The Labute approximate surface area is 118 Å². The third-order valence-electron chi connectivity index (χ3n) is 1.95. The Morgan fingerprint density at radius 1 is 1.32 bits per heavy atom. The number of aromatic nitrogens is 4. The number of nitrogens with zero attached hydrogens (tertiary/aromatic N) is 5. The summed E-state index contributed by atoms with van der Waals surface area (Å²) in [6, 6.07) is 3.65. The molecule has 0 fully saturated rings. The Hall–Kier alpha value is -1.74. The third-order valence-corrected chi connectivity index (χ3v) is 3.60. The van der Waals surface area contributed by atoms with Crippen molar-refractivity contribution in [1.29, 1.82) is 0 Å². The Kier molecular flexibility index (Phi) is 5.04. The topological polar surface area (TPSA) is 74.4 Å². The lowest BCUT2D eigenvalue weighted by atomic mass is 10.6. The summed E-state index contributed by atoms with van der Waals surface area (Å²) in [6.07, 6.45) is 5.20. The molecule has 0 radical (unpaired) electrons. The van der Waals surface area contributed by atoms with Gasteiger partial charge < -0.3 is 9.47 Å². The van der Waals surface area contributed by atoms with Crippen molar-refractivity contribution >= 4 is 27.9 Å². The van der Waals surface area contributed by atoms with Crippen LogP contribution in [0.1, 0.15) is 0 Å². The van der Waals surface area contributed by atoms with Gasteiger partial charge in [0.25, 0.3) is 0 Å². The highest BCUT2D eigenvalue weighted by atomic mass is 33.1. The molecule has 9 heteroatoms. The molecule has 0 N–H and O–H groups in total. The fourth-order valence-electron chi connectivity index (χ4n) is 1.15. The highest BCUT2D eigenvalue weighted by molar-refractivity contribution is 8.76. The van der Waals surface area contributed by atoms with Crippen LogP contribution in [-0.4, -0.2) is 40.1 Å². The summed E-state index contributed by atoms with van der Waals surface area (Å²) in [5.74, 6) is 0.700. The molecule has 100 valence electrons. The molecule has 19 heavy (non-hydrogen) atoms. The van der Waals surface area contributed by atoms with Crippen molar-refractivity contribution in [3.8, 4) is 5.82 Å². The van der Waals surface area contributed by atoms with Gasteiger partial charge in [0, 0.05) is 18.5 Å². The minimum atomic E-state index is 0.207. The SMILES string of the molecule is COC(=NSSc1cc(-n2cccn2)ncn1)OC. The van der Waals surface area contributed by atoms with Gasteiger partial charge in [-0.1, -0.05) is 0 Å². The van der Waals surface area contributed by atoms with E-state index in [1.165, 1.54) is 42.3 Å². The quantitative estimate of drug-likeness (QED) is 0.281. The summed E-state index contributed by atoms with van der Waals surface area (Å²) in [7, 11) is 5.56. The minimum absolute atomic E-state index is 0.207. The lowest BCUT2D eigenvalue weighted by molar-refractivity contribution is 0.245. The van der Waals surface area contributed by atoms with Crippen molar-refractivity contribution in [3.05, 3.63) is 30.9 Å². The highest BCUT2D eigenvalue weighted by Crippen LogP contribution is 2.30. The summed E-state index contributed by atoms with van der Waals surface area (Å²) in [4.78, 5) is 8.28. The number of rotatable bonds is 4. The summed E-state index contributed by atoms with van der Waals surface area (Å²) < 4.78 is 15.4. The standard InChI is InChI=1S/C10H11N5O2S2/c1-16-10(17-2)14-19-18-9-6-8(11-7-12-9)15-5-3-4-13-15/h3-7H,1-2H3. The summed E-state index contributed by atoms with van der Waals surface area (Å²) in [5, 5.41) is 4.87. The molecule has 0 unspecified atom stereocenters. The van der Waals surface area contributed by atoms with E-state index in [4.69, 9.17) is 9.47 Å². The van der Waals surface area contributed by atoms with E-state index < -0.39 is 0 Å². The molecule has 0 saturated carbocycles. The number of ether oxygens (including phenoxy) is 2. The monoisotopic (exact) mass is 297 g/mol. The molecule has 0 aromatic carbocycles. The van der Waals surface area contributed by atoms with E-state index in [0.717, 1.165) is 5.03 Å². The summed E-state index contributed by atoms with van der Waals surface area (Å²) in [5.41, 5.74) is 0. The van der Waals surface area contributed by atoms with Crippen LogP contribution in [0.3, 0.4) is 0 Å². The molecule has 0 aliphatic carbocycles. The zero-order valence-electron chi connectivity index (χ0n) is 10.3. The summed E-state index contributed by atoms with van der Waals surface area (Å²) in [6.45, 7) is 0. The molecule has 0 bridgehead atoms. The van der Waals surface area contributed by atoms with E-state index in [2.05, 4.69) is 19.5 Å². The largest absolute Gasteiger partial charge is 0.453 e. The fourth-order valence-corrected chi connectivity index (χ4v) is 2.51. The molecule has 0 spiro atoms. The maximum absolute atomic E-state index is 4.87. The molecule has 2 aromatic rings. The lowest BCUT2D eigenvalue weighted by Crippen LogP contribution is -2.01. The normalized spacial score (nSPS) is 10.0. The van der Waals surface area contributed by atoms with E-state index in [9.17, 15) is 0 Å². The van der Waals surface area contributed by atoms with E-state index in [1.807, 2.05) is 18.3 Å². The van der Waals surface area contributed by atoms with Crippen LogP contribution in [0.2, 0.25) is 0 Å². The lowest BCUT2D eigenvalue weighted by Gasteiger charge is -2.02. The molecule has 0 amide bonds. The van der Waals surface area contributed by atoms with E-state index in [1.54, 1.807) is 10.9 Å². The summed E-state index contributed by atoms with van der Waals surface area (Å²) >= 11 is 0. The molecule has 0 aliphatic heterocycles. The first kappa shape index (κ1) is 13.7. The van der Waals surface area contributed by atoms with Crippen molar-refractivity contribution in [2.75, 3.05) is 14.2 Å². The van der Waals surface area contributed by atoms with E-state index in [-0.39, 0.29) is 6.08 Å². The molecule has 7 nitrogen and oxygen atoms in total. The fraction of sp³-hybridized carbons (Fsp3) is 0.200. The van der Waals surface area contributed by atoms with Crippen molar-refractivity contribution in [2.45, 2.75) is 5.03 Å². The molecule has 0 aliphatic rings. The average molecular weight is 297 g/mol. The Balaban J connectivity index is 2.02. The van der Waals surface area contributed by atoms with Crippen LogP contribution in [-0.2, 0) is 9.47 Å². The van der Waals surface area contributed by atoms with Crippen LogP contribution < -0.4 is 0 Å². The third kappa shape index (κ3) is 3.86. The van der Waals surface area contributed by atoms with Crippen molar-refractivity contribution in [3.63, 3.8) is 0 Å². The van der Waals surface area contributed by atoms with Gasteiger partial charge in [0.15, 0.2) is 5.82 Å². The highest BCUT2D eigenvalue weighted by Gasteiger charge is 2.03. The number of hydrogen-bond acceptors (Lipinski definition) is 8. The molecular formula is C10H11N5O2S2. The zero-order chi connectivity index (χ0) is 13.5. The first-order valence-electron chi connectivity index (χ1n) is 5.15.